The van der Waals surface area contributed by atoms with Gasteiger partial charge in [0.15, 0.2) is 0 Å². The summed E-state index contributed by atoms with van der Waals surface area (Å²) in [4.78, 5) is 30.8. The lowest BCUT2D eigenvalue weighted by Crippen LogP contribution is -2.48. The van der Waals surface area contributed by atoms with E-state index in [-0.39, 0.29) is 17.6 Å². The van der Waals surface area contributed by atoms with Gasteiger partial charge in [-0.15, -0.1) is 11.3 Å². The Morgan fingerprint density at radius 1 is 1.14 bits per heavy atom. The van der Waals surface area contributed by atoms with E-state index in [9.17, 15) is 9.59 Å². The van der Waals surface area contributed by atoms with Gasteiger partial charge in [0.05, 0.1) is 0 Å². The van der Waals surface area contributed by atoms with Gasteiger partial charge < -0.3 is 19.5 Å². The Morgan fingerprint density at radius 2 is 1.93 bits per heavy atom. The molecular weight excluding hydrogens is 386 g/mol. The van der Waals surface area contributed by atoms with Crippen molar-refractivity contribution in [2.45, 2.75) is 6.92 Å². The summed E-state index contributed by atoms with van der Waals surface area (Å²) < 4.78 is 5.88. The van der Waals surface area contributed by atoms with Crippen LogP contribution in [0.2, 0.25) is 0 Å². The maximum atomic E-state index is 13.2. The van der Waals surface area contributed by atoms with Crippen LogP contribution in [0.1, 0.15) is 22.4 Å². The Bertz CT molecular complexity index is 1030. The molecule has 0 unspecified atom stereocenters. The lowest BCUT2D eigenvalue weighted by atomic mass is 10.2. The second kappa shape index (κ2) is 8.63. The number of carbonyl (C=O) groups is 2. The summed E-state index contributed by atoms with van der Waals surface area (Å²) in [5.74, 6) is -0.293. The number of amides is 2. The zero-order valence-electron chi connectivity index (χ0n) is 16.3. The van der Waals surface area contributed by atoms with Crippen molar-refractivity contribution in [3.63, 3.8) is 0 Å². The summed E-state index contributed by atoms with van der Waals surface area (Å²) in [6.07, 6.45) is 3.23. The van der Waals surface area contributed by atoms with Gasteiger partial charge in [0.2, 0.25) is 11.7 Å². The predicted octanol–water partition coefficient (Wildman–Crippen LogP) is 3.92. The second-order valence-corrected chi connectivity index (χ2v) is 7.85. The highest BCUT2D eigenvalue weighted by Gasteiger charge is 2.28. The minimum absolute atomic E-state index is 0.186. The minimum atomic E-state index is -0.296. The molecule has 0 spiro atoms. The van der Waals surface area contributed by atoms with Gasteiger partial charge >= 0.3 is 0 Å². The molecule has 2 aromatic heterocycles. The molecule has 6 nitrogen and oxygen atoms in total. The normalized spacial score (nSPS) is 15.3. The first-order valence-electron chi connectivity index (χ1n) is 9.71. The molecule has 4 rings (SSSR count). The van der Waals surface area contributed by atoms with Gasteiger partial charge in [-0.1, -0.05) is 25.1 Å². The van der Waals surface area contributed by atoms with Crippen molar-refractivity contribution >= 4 is 45.9 Å². The molecule has 1 saturated heterocycles. The molecule has 29 heavy (non-hydrogen) atoms. The Labute approximate surface area is 173 Å². The first kappa shape index (κ1) is 19.4. The number of anilines is 1. The van der Waals surface area contributed by atoms with Crippen molar-refractivity contribution in [1.82, 2.24) is 9.80 Å². The van der Waals surface area contributed by atoms with E-state index >= 15 is 0 Å². The number of thiophene rings is 1. The molecule has 3 heterocycles. The number of rotatable bonds is 5. The summed E-state index contributed by atoms with van der Waals surface area (Å²) in [6.45, 7) is 6.07. The molecule has 0 bridgehead atoms. The zero-order chi connectivity index (χ0) is 20.2. The number of carbonyl (C=O) groups excluding carboxylic acids is 2. The van der Waals surface area contributed by atoms with Crippen LogP contribution in [0, 0.1) is 0 Å². The van der Waals surface area contributed by atoms with E-state index in [1.165, 1.54) is 6.08 Å². The number of piperazine rings is 1. The third-order valence-electron chi connectivity index (χ3n) is 5.09. The fourth-order valence-corrected chi connectivity index (χ4v) is 4.06. The number of hydrogen-bond donors (Lipinski definition) is 1. The number of benzene rings is 1. The van der Waals surface area contributed by atoms with Crippen molar-refractivity contribution in [2.24, 2.45) is 0 Å². The van der Waals surface area contributed by atoms with E-state index in [4.69, 9.17) is 4.42 Å². The van der Waals surface area contributed by atoms with Crippen molar-refractivity contribution in [2.75, 3.05) is 38.0 Å². The van der Waals surface area contributed by atoms with E-state index in [1.807, 2.05) is 35.7 Å². The number of furan rings is 1. The quantitative estimate of drug-likeness (QED) is 0.649. The number of likely N-dealkylation sites (N-methyl/N-ethyl adjacent to an activating group) is 1. The molecule has 0 atom stereocenters. The topological polar surface area (TPSA) is 65.8 Å². The van der Waals surface area contributed by atoms with E-state index < -0.39 is 0 Å². The molecule has 1 aliphatic rings. The summed E-state index contributed by atoms with van der Waals surface area (Å²) in [5.41, 5.74) is 1.02. The van der Waals surface area contributed by atoms with Gasteiger partial charge in [0, 0.05) is 42.5 Å². The summed E-state index contributed by atoms with van der Waals surface area (Å²) in [7, 11) is 0. The summed E-state index contributed by atoms with van der Waals surface area (Å²) in [5, 5.41) is 5.54. The van der Waals surface area contributed by atoms with Gasteiger partial charge in [-0.2, -0.15) is 0 Å². The number of para-hydroxylation sites is 1. The van der Waals surface area contributed by atoms with Crippen molar-refractivity contribution < 1.29 is 14.0 Å². The molecule has 3 aromatic rings. The molecule has 2 amide bonds. The number of hydrogen-bond acceptors (Lipinski definition) is 5. The third kappa shape index (κ3) is 4.26. The van der Waals surface area contributed by atoms with Gasteiger partial charge in [0.25, 0.3) is 5.91 Å². The lowest BCUT2D eigenvalue weighted by Gasteiger charge is -2.33. The average Bonchev–Trinajstić information content (AvgIpc) is 3.40. The Balaban J connectivity index is 1.59. The highest BCUT2D eigenvalue weighted by molar-refractivity contribution is 7.10. The standard InChI is InChI=1S/C22H23N3O3S/c1-2-24-11-13-25(14-12-24)22(27)21-20(17-7-3-4-8-18(17)28-21)23-19(26)10-9-16-6-5-15-29-16/h3-10,15H,2,11-14H2,1H3,(H,23,26)/b10-9+. The van der Waals surface area contributed by atoms with Crippen LogP contribution in [-0.2, 0) is 4.79 Å². The van der Waals surface area contributed by atoms with Crippen molar-refractivity contribution in [3.8, 4) is 0 Å². The molecule has 150 valence electrons. The Kier molecular flexibility index (Phi) is 5.78. The van der Waals surface area contributed by atoms with E-state index in [2.05, 4.69) is 17.1 Å². The zero-order valence-corrected chi connectivity index (χ0v) is 17.1. The molecule has 1 aliphatic heterocycles. The van der Waals surface area contributed by atoms with Gasteiger partial charge in [-0.3, -0.25) is 9.59 Å². The number of nitrogens with one attached hydrogen (secondary N) is 1. The molecule has 1 aromatic carbocycles. The number of fused-ring (bicyclic) bond motifs is 1. The highest BCUT2D eigenvalue weighted by atomic mass is 32.1. The van der Waals surface area contributed by atoms with Crippen LogP contribution in [0.5, 0.6) is 0 Å². The molecule has 7 heteroatoms. The molecule has 0 saturated carbocycles. The van der Waals surface area contributed by atoms with Gasteiger partial charge in [0.1, 0.15) is 11.3 Å². The smallest absolute Gasteiger partial charge is 0.291 e. The van der Waals surface area contributed by atoms with Crippen LogP contribution >= 0.6 is 11.3 Å². The first-order chi connectivity index (χ1) is 14.2. The minimum Gasteiger partial charge on any atom is -0.449 e. The van der Waals surface area contributed by atoms with Gasteiger partial charge in [-0.25, -0.2) is 0 Å². The second-order valence-electron chi connectivity index (χ2n) is 6.87. The average molecular weight is 410 g/mol. The third-order valence-corrected chi connectivity index (χ3v) is 5.92. The van der Waals surface area contributed by atoms with Crippen LogP contribution in [0.15, 0.2) is 52.3 Å². The number of nitrogens with zero attached hydrogens (tertiary/aromatic N) is 2. The lowest BCUT2D eigenvalue weighted by molar-refractivity contribution is -0.111. The molecular formula is C22H23N3O3S. The molecule has 0 aliphatic carbocycles. The molecule has 0 radical (unpaired) electrons. The SMILES string of the molecule is CCN1CCN(C(=O)c2oc3ccccc3c2NC(=O)/C=C/c2cccs2)CC1. The highest BCUT2D eigenvalue weighted by Crippen LogP contribution is 2.32. The van der Waals surface area contributed by atoms with E-state index in [0.717, 1.165) is 29.9 Å². The fourth-order valence-electron chi connectivity index (χ4n) is 3.44. The van der Waals surface area contributed by atoms with Crippen molar-refractivity contribution in [3.05, 3.63) is 58.5 Å². The first-order valence-corrected chi connectivity index (χ1v) is 10.6. The van der Waals surface area contributed by atoms with Crippen LogP contribution in [0.3, 0.4) is 0 Å². The molecule has 1 N–H and O–H groups in total. The Hall–Kier alpha value is -2.90. The van der Waals surface area contributed by atoms with Crippen LogP contribution < -0.4 is 5.32 Å². The molecule has 1 fully saturated rings. The maximum Gasteiger partial charge on any atom is 0.291 e. The fraction of sp³-hybridized carbons (Fsp3) is 0.273. The van der Waals surface area contributed by atoms with Crippen LogP contribution in [0.4, 0.5) is 5.69 Å². The Morgan fingerprint density at radius 3 is 2.66 bits per heavy atom. The van der Waals surface area contributed by atoms with E-state index in [1.54, 1.807) is 28.4 Å². The predicted molar refractivity (Wildman–Crippen MR) is 116 cm³/mol. The monoisotopic (exact) mass is 409 g/mol. The van der Waals surface area contributed by atoms with E-state index in [0.29, 0.717) is 24.4 Å². The van der Waals surface area contributed by atoms with Gasteiger partial charge in [-0.05, 0) is 36.2 Å². The summed E-state index contributed by atoms with van der Waals surface area (Å²) >= 11 is 1.55. The maximum absolute atomic E-state index is 13.2. The summed E-state index contributed by atoms with van der Waals surface area (Å²) in [6, 6.07) is 11.2. The van der Waals surface area contributed by atoms with Crippen molar-refractivity contribution in [1.29, 1.82) is 0 Å². The largest absolute Gasteiger partial charge is 0.449 e. The van der Waals surface area contributed by atoms with Crippen LogP contribution in [0.25, 0.3) is 17.0 Å². The van der Waals surface area contributed by atoms with Crippen LogP contribution in [-0.4, -0.2) is 54.3 Å².